The number of carbonyl (C=O) groups is 2. The highest BCUT2D eigenvalue weighted by atomic mass is 16.5. The van der Waals surface area contributed by atoms with Crippen LogP contribution in [0.3, 0.4) is 0 Å². The maximum absolute atomic E-state index is 12.5. The molecule has 1 fully saturated rings. The fraction of sp³-hybridized carbons (Fsp3) is 0.474. The van der Waals surface area contributed by atoms with Crippen LogP contribution in [0.15, 0.2) is 27.6 Å². The van der Waals surface area contributed by atoms with Crippen LogP contribution in [0.1, 0.15) is 46.6 Å². The molecule has 3 rings (SSSR count). The van der Waals surface area contributed by atoms with Crippen molar-refractivity contribution in [2.75, 3.05) is 6.54 Å². The Morgan fingerprint density at radius 1 is 1.33 bits per heavy atom. The standard InChI is InChI=1S/C19H24N4O4/c1-12-16(13(2)27-21-12)11-23-9-7-15(4-5-17(23)24)20-19(26)14-6-8-22(3)18(25)10-14/h6,8,10,15H,4-5,7,9,11H2,1-3H3,(H,20,26). The summed E-state index contributed by atoms with van der Waals surface area (Å²) in [4.78, 5) is 38.4. The third kappa shape index (κ3) is 4.27. The summed E-state index contributed by atoms with van der Waals surface area (Å²) in [6.07, 6.45) is 3.17. The van der Waals surface area contributed by atoms with Gasteiger partial charge in [0.15, 0.2) is 0 Å². The Morgan fingerprint density at radius 3 is 2.78 bits per heavy atom. The molecule has 0 bridgehead atoms. The number of rotatable bonds is 4. The molecule has 1 aliphatic rings. The molecule has 0 aliphatic carbocycles. The lowest BCUT2D eigenvalue weighted by atomic mass is 10.1. The quantitative estimate of drug-likeness (QED) is 0.872. The third-order valence-corrected chi connectivity index (χ3v) is 5.04. The minimum Gasteiger partial charge on any atom is -0.361 e. The monoisotopic (exact) mass is 372 g/mol. The number of likely N-dealkylation sites (tertiary alicyclic amines) is 1. The van der Waals surface area contributed by atoms with Crippen LogP contribution < -0.4 is 10.9 Å². The summed E-state index contributed by atoms with van der Waals surface area (Å²) in [5, 5.41) is 6.88. The molecule has 0 spiro atoms. The van der Waals surface area contributed by atoms with Crippen LogP contribution in [-0.2, 0) is 18.4 Å². The van der Waals surface area contributed by atoms with Crippen LogP contribution >= 0.6 is 0 Å². The first kappa shape index (κ1) is 18.9. The average Bonchev–Trinajstić information content (AvgIpc) is 2.84. The summed E-state index contributed by atoms with van der Waals surface area (Å²) in [5.41, 5.74) is 1.83. The van der Waals surface area contributed by atoms with Gasteiger partial charge in [0, 0.05) is 49.4 Å². The van der Waals surface area contributed by atoms with Crippen molar-refractivity contribution in [1.82, 2.24) is 19.9 Å². The lowest BCUT2D eigenvalue weighted by molar-refractivity contribution is -0.131. The van der Waals surface area contributed by atoms with E-state index in [1.165, 1.54) is 10.6 Å². The van der Waals surface area contributed by atoms with Crippen LogP contribution in [0.4, 0.5) is 0 Å². The Bertz CT molecular complexity index is 895. The van der Waals surface area contributed by atoms with Crippen molar-refractivity contribution in [2.24, 2.45) is 7.05 Å². The molecule has 0 radical (unpaired) electrons. The van der Waals surface area contributed by atoms with E-state index in [1.54, 1.807) is 24.2 Å². The van der Waals surface area contributed by atoms with E-state index < -0.39 is 0 Å². The number of nitrogens with zero attached hydrogens (tertiary/aromatic N) is 3. The van der Waals surface area contributed by atoms with Crippen LogP contribution in [0.2, 0.25) is 0 Å². The smallest absolute Gasteiger partial charge is 0.251 e. The zero-order valence-electron chi connectivity index (χ0n) is 15.8. The van der Waals surface area contributed by atoms with E-state index in [2.05, 4.69) is 10.5 Å². The third-order valence-electron chi connectivity index (χ3n) is 5.04. The van der Waals surface area contributed by atoms with Gasteiger partial charge in [0.2, 0.25) is 5.91 Å². The van der Waals surface area contributed by atoms with Crippen LogP contribution in [0, 0.1) is 13.8 Å². The SMILES string of the molecule is Cc1noc(C)c1CN1CCC(NC(=O)c2ccn(C)c(=O)c2)CCC1=O. The minimum absolute atomic E-state index is 0.0559. The van der Waals surface area contributed by atoms with Gasteiger partial charge in [0.25, 0.3) is 11.5 Å². The first-order valence-electron chi connectivity index (χ1n) is 9.02. The molecule has 1 saturated heterocycles. The molecule has 0 aromatic carbocycles. The average molecular weight is 372 g/mol. The van der Waals surface area contributed by atoms with Gasteiger partial charge in [-0.3, -0.25) is 14.4 Å². The molecule has 1 N–H and O–H groups in total. The molecule has 2 aromatic rings. The van der Waals surface area contributed by atoms with Gasteiger partial charge < -0.3 is 19.3 Å². The Balaban J connectivity index is 1.63. The van der Waals surface area contributed by atoms with Crippen molar-refractivity contribution >= 4 is 11.8 Å². The Hall–Kier alpha value is -2.90. The summed E-state index contributed by atoms with van der Waals surface area (Å²) in [6.45, 7) is 4.71. The molecule has 144 valence electrons. The van der Waals surface area contributed by atoms with E-state index in [0.717, 1.165) is 17.0 Å². The molecule has 0 saturated carbocycles. The molecule has 27 heavy (non-hydrogen) atoms. The number of amides is 2. The summed E-state index contributed by atoms with van der Waals surface area (Å²) in [5.74, 6) is 0.490. The highest BCUT2D eigenvalue weighted by Crippen LogP contribution is 2.19. The van der Waals surface area contributed by atoms with Gasteiger partial charge in [-0.25, -0.2) is 0 Å². The van der Waals surface area contributed by atoms with Gasteiger partial charge >= 0.3 is 0 Å². The zero-order valence-corrected chi connectivity index (χ0v) is 15.8. The molecule has 8 nitrogen and oxygen atoms in total. The predicted octanol–water partition coefficient (Wildman–Crippen LogP) is 1.30. The highest BCUT2D eigenvalue weighted by Gasteiger charge is 2.25. The van der Waals surface area contributed by atoms with Gasteiger partial charge in [-0.15, -0.1) is 0 Å². The van der Waals surface area contributed by atoms with Crippen molar-refractivity contribution in [3.05, 3.63) is 51.3 Å². The minimum atomic E-state index is -0.288. The maximum Gasteiger partial charge on any atom is 0.251 e. The van der Waals surface area contributed by atoms with Gasteiger partial charge in [-0.2, -0.15) is 0 Å². The molecule has 1 atom stereocenters. The number of aryl methyl sites for hydroxylation is 3. The topological polar surface area (TPSA) is 97.4 Å². The lowest BCUT2D eigenvalue weighted by Gasteiger charge is -2.21. The molecular formula is C19H24N4O4. The fourth-order valence-corrected chi connectivity index (χ4v) is 3.23. The van der Waals surface area contributed by atoms with Crippen LogP contribution in [0.25, 0.3) is 0 Å². The van der Waals surface area contributed by atoms with Crippen molar-refractivity contribution in [3.63, 3.8) is 0 Å². The zero-order chi connectivity index (χ0) is 19.6. The van der Waals surface area contributed by atoms with E-state index in [9.17, 15) is 14.4 Å². The van der Waals surface area contributed by atoms with Gasteiger partial charge in [0.1, 0.15) is 5.76 Å². The van der Waals surface area contributed by atoms with Crippen molar-refractivity contribution in [1.29, 1.82) is 0 Å². The van der Waals surface area contributed by atoms with Gasteiger partial charge in [0.05, 0.1) is 12.2 Å². The summed E-state index contributed by atoms with van der Waals surface area (Å²) >= 11 is 0. The van der Waals surface area contributed by atoms with Crippen molar-refractivity contribution < 1.29 is 14.1 Å². The van der Waals surface area contributed by atoms with Crippen LogP contribution in [-0.4, -0.2) is 39.0 Å². The van der Waals surface area contributed by atoms with Gasteiger partial charge in [-0.05, 0) is 32.8 Å². The van der Waals surface area contributed by atoms with Crippen LogP contribution in [0.5, 0.6) is 0 Å². The fourth-order valence-electron chi connectivity index (χ4n) is 3.23. The first-order valence-corrected chi connectivity index (χ1v) is 9.02. The van der Waals surface area contributed by atoms with E-state index in [4.69, 9.17) is 4.52 Å². The number of aromatic nitrogens is 2. The Labute approximate surface area is 157 Å². The number of hydrogen-bond donors (Lipinski definition) is 1. The molecule has 1 unspecified atom stereocenters. The normalized spacial score (nSPS) is 17.7. The van der Waals surface area contributed by atoms with Crippen molar-refractivity contribution in [3.8, 4) is 0 Å². The molecule has 1 aliphatic heterocycles. The lowest BCUT2D eigenvalue weighted by Crippen LogP contribution is -2.36. The predicted molar refractivity (Wildman–Crippen MR) is 98.2 cm³/mol. The van der Waals surface area contributed by atoms with Gasteiger partial charge in [-0.1, -0.05) is 5.16 Å². The summed E-state index contributed by atoms with van der Waals surface area (Å²) in [7, 11) is 1.63. The second-order valence-electron chi connectivity index (χ2n) is 6.98. The molecule has 3 heterocycles. The number of nitrogens with one attached hydrogen (secondary N) is 1. The first-order chi connectivity index (χ1) is 12.8. The maximum atomic E-state index is 12.5. The number of carbonyl (C=O) groups excluding carboxylic acids is 2. The Kier molecular flexibility index (Phi) is 5.43. The largest absolute Gasteiger partial charge is 0.361 e. The van der Waals surface area contributed by atoms with E-state index in [1.807, 2.05) is 13.8 Å². The van der Waals surface area contributed by atoms with E-state index >= 15 is 0 Å². The van der Waals surface area contributed by atoms with E-state index in [0.29, 0.717) is 37.9 Å². The molecule has 2 amide bonds. The molecular weight excluding hydrogens is 348 g/mol. The summed E-state index contributed by atoms with van der Waals surface area (Å²) in [6, 6.07) is 2.82. The Morgan fingerprint density at radius 2 is 2.11 bits per heavy atom. The molecule has 8 heteroatoms. The second-order valence-corrected chi connectivity index (χ2v) is 6.98. The second kappa shape index (κ2) is 7.77. The van der Waals surface area contributed by atoms with Crippen molar-refractivity contribution in [2.45, 2.75) is 45.7 Å². The number of hydrogen-bond acceptors (Lipinski definition) is 5. The van der Waals surface area contributed by atoms with E-state index in [-0.39, 0.29) is 23.4 Å². The molecule has 2 aromatic heterocycles. The number of pyridine rings is 1. The summed E-state index contributed by atoms with van der Waals surface area (Å²) < 4.78 is 6.58. The highest BCUT2D eigenvalue weighted by molar-refractivity contribution is 5.94.